The third-order valence-corrected chi connectivity index (χ3v) is 4.86. The van der Waals surface area contributed by atoms with E-state index >= 15 is 0 Å². The van der Waals surface area contributed by atoms with E-state index in [2.05, 4.69) is 10.1 Å². The summed E-state index contributed by atoms with van der Waals surface area (Å²) in [6.07, 6.45) is 3.51. The monoisotopic (exact) mass is 300 g/mol. The van der Waals surface area contributed by atoms with E-state index in [1.165, 1.54) is 12.1 Å². The molecule has 1 aromatic rings. The Balaban J connectivity index is 2.37. The van der Waals surface area contributed by atoms with Crippen LogP contribution in [0.2, 0.25) is 0 Å². The van der Waals surface area contributed by atoms with Gasteiger partial charge < -0.3 is 5.43 Å². The second kappa shape index (κ2) is 5.73. The van der Waals surface area contributed by atoms with Crippen molar-refractivity contribution in [2.24, 2.45) is 5.84 Å². The number of anilines is 1. The summed E-state index contributed by atoms with van der Waals surface area (Å²) in [5.74, 6) is 5.27. The van der Waals surface area contributed by atoms with E-state index in [9.17, 15) is 18.5 Å². The molecule has 0 amide bonds. The molecule has 110 valence electrons. The van der Waals surface area contributed by atoms with Crippen molar-refractivity contribution in [2.75, 3.05) is 5.43 Å². The molecule has 2 rings (SSSR count). The molecule has 1 aliphatic carbocycles. The molecular formula is C11H16N4O4S. The fourth-order valence-electron chi connectivity index (χ4n) is 2.29. The Morgan fingerprint density at radius 3 is 2.50 bits per heavy atom. The highest BCUT2D eigenvalue weighted by atomic mass is 32.2. The summed E-state index contributed by atoms with van der Waals surface area (Å²) in [5.41, 5.74) is 2.08. The minimum Gasteiger partial charge on any atom is -0.323 e. The van der Waals surface area contributed by atoms with Crippen LogP contribution < -0.4 is 16.0 Å². The van der Waals surface area contributed by atoms with Crippen molar-refractivity contribution >= 4 is 21.4 Å². The van der Waals surface area contributed by atoms with Crippen LogP contribution in [-0.2, 0) is 10.0 Å². The Bertz CT molecular complexity index is 611. The zero-order valence-corrected chi connectivity index (χ0v) is 11.5. The summed E-state index contributed by atoms with van der Waals surface area (Å²) < 4.78 is 27.2. The first-order valence-electron chi connectivity index (χ1n) is 6.21. The lowest BCUT2D eigenvalue weighted by Gasteiger charge is -2.14. The molecule has 0 bridgehead atoms. The Kier molecular flexibility index (Phi) is 4.21. The molecule has 0 unspecified atom stereocenters. The highest BCUT2D eigenvalue weighted by Gasteiger charge is 2.26. The van der Waals surface area contributed by atoms with Crippen LogP contribution in [0.25, 0.3) is 0 Å². The summed E-state index contributed by atoms with van der Waals surface area (Å²) in [6.45, 7) is 0. The first-order valence-corrected chi connectivity index (χ1v) is 7.70. The zero-order valence-electron chi connectivity index (χ0n) is 10.7. The van der Waals surface area contributed by atoms with Crippen molar-refractivity contribution in [3.8, 4) is 0 Å². The van der Waals surface area contributed by atoms with Crippen LogP contribution in [0.4, 0.5) is 11.4 Å². The number of hydrogen-bond donors (Lipinski definition) is 3. The van der Waals surface area contributed by atoms with Gasteiger partial charge >= 0.3 is 0 Å². The van der Waals surface area contributed by atoms with Gasteiger partial charge in [0, 0.05) is 18.2 Å². The van der Waals surface area contributed by atoms with Crippen molar-refractivity contribution in [3.05, 3.63) is 28.3 Å². The molecule has 0 spiro atoms. The van der Waals surface area contributed by atoms with E-state index in [0.29, 0.717) is 0 Å². The van der Waals surface area contributed by atoms with Crippen LogP contribution in [0.15, 0.2) is 23.1 Å². The Morgan fingerprint density at radius 2 is 1.95 bits per heavy atom. The van der Waals surface area contributed by atoms with Crippen molar-refractivity contribution in [1.82, 2.24) is 4.72 Å². The van der Waals surface area contributed by atoms with Crippen LogP contribution in [0.5, 0.6) is 0 Å². The van der Waals surface area contributed by atoms with Gasteiger partial charge in [0.2, 0.25) is 10.0 Å². The molecule has 0 heterocycles. The number of nitrogens with zero attached hydrogens (tertiary/aromatic N) is 1. The number of benzene rings is 1. The van der Waals surface area contributed by atoms with Crippen LogP contribution in [0, 0.1) is 10.1 Å². The molecule has 20 heavy (non-hydrogen) atoms. The number of hydrazine groups is 1. The molecule has 1 aromatic carbocycles. The standard InChI is InChI=1S/C11H16N4O4S/c12-13-10-6-5-9(15(16)17)7-11(10)20(18,19)14-8-3-1-2-4-8/h5-8,13-14H,1-4,12H2. The third kappa shape index (κ3) is 3.06. The minimum absolute atomic E-state index is 0.120. The second-order valence-corrected chi connectivity index (χ2v) is 6.37. The van der Waals surface area contributed by atoms with Crippen LogP contribution in [-0.4, -0.2) is 19.4 Å². The maximum absolute atomic E-state index is 12.3. The van der Waals surface area contributed by atoms with Gasteiger partial charge in [0.1, 0.15) is 4.90 Å². The average molecular weight is 300 g/mol. The Hall–Kier alpha value is -1.71. The third-order valence-electron chi connectivity index (χ3n) is 3.30. The number of non-ortho nitro benzene ring substituents is 1. The lowest BCUT2D eigenvalue weighted by molar-refractivity contribution is -0.385. The van der Waals surface area contributed by atoms with E-state index in [1.54, 1.807) is 0 Å². The minimum atomic E-state index is -3.84. The van der Waals surface area contributed by atoms with E-state index in [-0.39, 0.29) is 22.3 Å². The fraction of sp³-hybridized carbons (Fsp3) is 0.455. The lowest BCUT2D eigenvalue weighted by atomic mass is 10.3. The molecule has 9 heteroatoms. The molecule has 0 saturated heterocycles. The van der Waals surface area contributed by atoms with Crippen molar-refractivity contribution < 1.29 is 13.3 Å². The van der Waals surface area contributed by atoms with E-state index < -0.39 is 14.9 Å². The Morgan fingerprint density at radius 1 is 1.30 bits per heavy atom. The van der Waals surface area contributed by atoms with Crippen LogP contribution >= 0.6 is 0 Å². The number of sulfonamides is 1. The number of nitro groups is 1. The number of rotatable bonds is 5. The van der Waals surface area contributed by atoms with Gasteiger partial charge in [-0.2, -0.15) is 0 Å². The first kappa shape index (κ1) is 14.7. The molecule has 0 radical (unpaired) electrons. The summed E-state index contributed by atoms with van der Waals surface area (Å²) in [5, 5.41) is 10.8. The normalized spacial score (nSPS) is 16.2. The second-order valence-electron chi connectivity index (χ2n) is 4.68. The lowest BCUT2D eigenvalue weighted by Crippen LogP contribution is -2.33. The molecule has 0 aromatic heterocycles. The molecule has 0 aliphatic heterocycles. The smallest absolute Gasteiger partial charge is 0.270 e. The highest BCUT2D eigenvalue weighted by Crippen LogP contribution is 2.27. The van der Waals surface area contributed by atoms with Gasteiger partial charge in [0.15, 0.2) is 0 Å². The number of nitro benzene ring substituents is 1. The van der Waals surface area contributed by atoms with Crippen molar-refractivity contribution in [1.29, 1.82) is 0 Å². The van der Waals surface area contributed by atoms with Crippen molar-refractivity contribution in [3.63, 3.8) is 0 Å². The maximum atomic E-state index is 12.3. The molecule has 0 atom stereocenters. The highest BCUT2D eigenvalue weighted by molar-refractivity contribution is 7.89. The molecule has 1 aliphatic rings. The number of nitrogens with one attached hydrogen (secondary N) is 2. The molecule has 1 fully saturated rings. The van der Waals surface area contributed by atoms with Crippen LogP contribution in [0.3, 0.4) is 0 Å². The van der Waals surface area contributed by atoms with E-state index in [1.807, 2.05) is 0 Å². The number of nitrogen functional groups attached to an aromatic ring is 1. The number of nitrogens with two attached hydrogens (primary N) is 1. The predicted molar refractivity (Wildman–Crippen MR) is 73.5 cm³/mol. The topological polar surface area (TPSA) is 127 Å². The van der Waals surface area contributed by atoms with Gasteiger partial charge in [-0.15, -0.1) is 0 Å². The largest absolute Gasteiger partial charge is 0.323 e. The zero-order chi connectivity index (χ0) is 14.8. The van der Waals surface area contributed by atoms with E-state index in [4.69, 9.17) is 5.84 Å². The van der Waals surface area contributed by atoms with Gasteiger partial charge in [-0.1, -0.05) is 12.8 Å². The van der Waals surface area contributed by atoms with E-state index in [0.717, 1.165) is 31.7 Å². The quantitative estimate of drug-likeness (QED) is 0.424. The molecule has 4 N–H and O–H groups in total. The molecule has 1 saturated carbocycles. The summed E-state index contributed by atoms with van der Waals surface area (Å²) in [4.78, 5) is 9.91. The van der Waals surface area contributed by atoms with Gasteiger partial charge in [-0.05, 0) is 18.9 Å². The summed E-state index contributed by atoms with van der Waals surface area (Å²) >= 11 is 0. The fourth-order valence-corrected chi connectivity index (χ4v) is 3.79. The SMILES string of the molecule is NNc1ccc([N+](=O)[O-])cc1S(=O)(=O)NC1CCCC1. The summed E-state index contributed by atoms with van der Waals surface area (Å²) in [6, 6.07) is 3.36. The molecular weight excluding hydrogens is 284 g/mol. The van der Waals surface area contributed by atoms with Gasteiger partial charge in [0.25, 0.3) is 5.69 Å². The summed E-state index contributed by atoms with van der Waals surface area (Å²) in [7, 11) is -3.84. The molecule has 8 nitrogen and oxygen atoms in total. The Labute approximate surface area is 116 Å². The van der Waals surface area contributed by atoms with Gasteiger partial charge in [-0.3, -0.25) is 16.0 Å². The number of hydrogen-bond acceptors (Lipinski definition) is 6. The predicted octanol–water partition coefficient (Wildman–Crippen LogP) is 1.10. The van der Waals surface area contributed by atoms with Crippen molar-refractivity contribution in [2.45, 2.75) is 36.6 Å². The van der Waals surface area contributed by atoms with Gasteiger partial charge in [-0.25, -0.2) is 13.1 Å². The van der Waals surface area contributed by atoms with Crippen LogP contribution in [0.1, 0.15) is 25.7 Å². The average Bonchev–Trinajstić information content (AvgIpc) is 2.90. The maximum Gasteiger partial charge on any atom is 0.270 e. The first-order chi connectivity index (χ1) is 9.44. The van der Waals surface area contributed by atoms with Gasteiger partial charge in [0.05, 0.1) is 10.6 Å².